The first-order chi connectivity index (χ1) is 24.4. The fraction of sp³-hybridized carbons (Fsp3) is 0.870. The van der Waals surface area contributed by atoms with Gasteiger partial charge in [-0.25, -0.2) is 0 Å². The van der Waals surface area contributed by atoms with Gasteiger partial charge in [0.25, 0.3) is 0 Å². The first-order valence-corrected chi connectivity index (χ1v) is 27.7. The SMILES string of the molecule is CCCCCCCCCCCCCCCCCC(CCCCCCCCCCCCCCCCC)(OCC)c1csc2cc([Si](C)(C)C)sc12. The molecule has 0 N–H and O–H groups in total. The maximum atomic E-state index is 6.94. The molecule has 2 rings (SSSR count). The Morgan fingerprint density at radius 1 is 0.500 bits per heavy atom. The highest BCUT2D eigenvalue weighted by Crippen LogP contribution is 2.45. The van der Waals surface area contributed by atoms with E-state index in [0.29, 0.717) is 0 Å². The van der Waals surface area contributed by atoms with Crippen LogP contribution in [0.5, 0.6) is 0 Å². The van der Waals surface area contributed by atoms with Crippen LogP contribution in [-0.4, -0.2) is 14.7 Å². The third-order valence-corrected chi connectivity index (χ3v) is 17.1. The Morgan fingerprint density at radius 2 is 0.840 bits per heavy atom. The minimum Gasteiger partial charge on any atom is -0.371 e. The Balaban J connectivity index is 1.77. The Kier molecular flexibility index (Phi) is 26.9. The van der Waals surface area contributed by atoms with E-state index in [2.05, 4.69) is 63.2 Å². The van der Waals surface area contributed by atoms with Crippen LogP contribution in [0.1, 0.15) is 232 Å². The summed E-state index contributed by atoms with van der Waals surface area (Å²) in [6.45, 7) is 15.2. The first-order valence-electron chi connectivity index (χ1n) is 22.5. The molecule has 1 nitrogen and oxygen atoms in total. The van der Waals surface area contributed by atoms with Crippen LogP contribution >= 0.6 is 22.7 Å². The molecule has 0 radical (unpaired) electrons. The van der Waals surface area contributed by atoms with Crippen molar-refractivity contribution >= 4 is 44.6 Å². The largest absolute Gasteiger partial charge is 0.371 e. The van der Waals surface area contributed by atoms with Gasteiger partial charge in [-0.1, -0.05) is 226 Å². The van der Waals surface area contributed by atoms with Crippen LogP contribution < -0.4 is 4.50 Å². The zero-order chi connectivity index (χ0) is 36.2. The molecule has 0 aliphatic heterocycles. The van der Waals surface area contributed by atoms with Crippen molar-refractivity contribution in [2.75, 3.05) is 6.61 Å². The second-order valence-electron chi connectivity index (χ2n) is 17.0. The van der Waals surface area contributed by atoms with Crippen molar-refractivity contribution in [3.8, 4) is 0 Å². The summed E-state index contributed by atoms with van der Waals surface area (Å²) in [5.74, 6) is 0. The molecule has 0 fully saturated rings. The van der Waals surface area contributed by atoms with Crippen molar-refractivity contribution in [2.24, 2.45) is 0 Å². The van der Waals surface area contributed by atoms with Crippen LogP contribution in [0.3, 0.4) is 0 Å². The van der Waals surface area contributed by atoms with Gasteiger partial charge in [0.2, 0.25) is 0 Å². The molecule has 4 heteroatoms. The summed E-state index contributed by atoms with van der Waals surface area (Å²) < 4.78 is 11.7. The number of unbranched alkanes of at least 4 members (excludes halogenated alkanes) is 28. The zero-order valence-electron chi connectivity index (χ0n) is 34.7. The van der Waals surface area contributed by atoms with Gasteiger partial charge in [0.15, 0.2) is 0 Å². The predicted molar refractivity (Wildman–Crippen MR) is 235 cm³/mol. The summed E-state index contributed by atoms with van der Waals surface area (Å²) in [4.78, 5) is 0. The maximum Gasteiger partial charge on any atom is 0.0953 e. The minimum absolute atomic E-state index is 0.0956. The van der Waals surface area contributed by atoms with Crippen LogP contribution in [0.4, 0.5) is 0 Å². The van der Waals surface area contributed by atoms with Crippen molar-refractivity contribution < 1.29 is 4.74 Å². The molecule has 2 aromatic heterocycles. The normalized spacial score (nSPS) is 12.5. The van der Waals surface area contributed by atoms with Crippen LogP contribution in [0.25, 0.3) is 9.40 Å². The lowest BCUT2D eigenvalue weighted by molar-refractivity contribution is -0.0592. The average molecular weight is 747 g/mol. The van der Waals surface area contributed by atoms with Crippen LogP contribution in [0.15, 0.2) is 11.4 Å². The number of fused-ring (bicyclic) bond motifs is 1. The fourth-order valence-corrected chi connectivity index (χ4v) is 12.5. The number of hydrogen-bond donors (Lipinski definition) is 0. The Labute approximate surface area is 322 Å². The quantitative estimate of drug-likeness (QED) is 0.0498. The van der Waals surface area contributed by atoms with Crippen molar-refractivity contribution in [1.29, 1.82) is 0 Å². The number of ether oxygens (including phenoxy) is 1. The third-order valence-electron chi connectivity index (χ3n) is 11.3. The van der Waals surface area contributed by atoms with E-state index in [9.17, 15) is 0 Å². The highest BCUT2D eigenvalue weighted by atomic mass is 32.1. The molecular weight excluding hydrogens is 661 g/mol. The molecule has 2 aromatic rings. The van der Waals surface area contributed by atoms with Crippen molar-refractivity contribution in [2.45, 2.75) is 251 Å². The molecule has 0 aliphatic carbocycles. The molecule has 0 aliphatic rings. The second-order valence-corrected chi connectivity index (χ2v) is 24.4. The van der Waals surface area contributed by atoms with Crippen molar-refractivity contribution in [3.05, 3.63) is 17.0 Å². The summed E-state index contributed by atoms with van der Waals surface area (Å²) in [7, 11) is -1.32. The van der Waals surface area contributed by atoms with Crippen molar-refractivity contribution in [3.63, 3.8) is 0 Å². The highest BCUT2D eigenvalue weighted by Gasteiger charge is 2.35. The van der Waals surface area contributed by atoms with E-state index in [0.717, 1.165) is 6.61 Å². The summed E-state index contributed by atoms with van der Waals surface area (Å²) in [5.41, 5.74) is 1.45. The molecule has 50 heavy (non-hydrogen) atoms. The Hall–Kier alpha value is -0.163. The molecule has 0 unspecified atom stereocenters. The molecule has 0 saturated heterocycles. The zero-order valence-corrected chi connectivity index (χ0v) is 37.3. The fourth-order valence-electron chi connectivity index (χ4n) is 7.97. The summed E-state index contributed by atoms with van der Waals surface area (Å²) in [6, 6.07) is 2.54. The van der Waals surface area contributed by atoms with Gasteiger partial charge in [-0.05, 0) is 35.7 Å². The average Bonchev–Trinajstić information content (AvgIpc) is 3.70. The lowest BCUT2D eigenvalue weighted by Crippen LogP contribution is -2.34. The molecule has 292 valence electrons. The van der Waals surface area contributed by atoms with Crippen LogP contribution in [-0.2, 0) is 10.3 Å². The van der Waals surface area contributed by atoms with E-state index in [1.165, 1.54) is 210 Å². The van der Waals surface area contributed by atoms with Crippen LogP contribution in [0, 0.1) is 0 Å². The summed E-state index contributed by atoms with van der Waals surface area (Å²) in [6.07, 6.45) is 45.2. The number of rotatable bonds is 36. The second kappa shape index (κ2) is 29.2. The third kappa shape index (κ3) is 19.8. The number of thiophene rings is 2. The molecular formula is C46H86OS2Si. The van der Waals surface area contributed by atoms with Gasteiger partial charge in [0.1, 0.15) is 0 Å². The van der Waals surface area contributed by atoms with Gasteiger partial charge in [-0.2, -0.15) is 0 Å². The van der Waals surface area contributed by atoms with E-state index in [1.54, 1.807) is 14.8 Å². The topological polar surface area (TPSA) is 9.23 Å². The van der Waals surface area contributed by atoms with Gasteiger partial charge in [0, 0.05) is 16.9 Å². The van der Waals surface area contributed by atoms with E-state index in [4.69, 9.17) is 4.74 Å². The molecule has 2 heterocycles. The van der Waals surface area contributed by atoms with Gasteiger partial charge < -0.3 is 4.74 Å². The lowest BCUT2D eigenvalue weighted by atomic mass is 9.84. The van der Waals surface area contributed by atoms with Gasteiger partial charge in [-0.3, -0.25) is 0 Å². The highest BCUT2D eigenvalue weighted by molar-refractivity contribution is 7.35. The Bertz CT molecular complexity index is 999. The minimum atomic E-state index is -1.32. The molecule has 0 aromatic carbocycles. The molecule has 0 spiro atoms. The summed E-state index contributed by atoms with van der Waals surface area (Å²) in [5, 5.41) is 2.50. The van der Waals surface area contributed by atoms with E-state index in [-0.39, 0.29) is 5.60 Å². The van der Waals surface area contributed by atoms with E-state index in [1.807, 2.05) is 11.3 Å². The smallest absolute Gasteiger partial charge is 0.0953 e. The maximum absolute atomic E-state index is 6.94. The van der Waals surface area contributed by atoms with Gasteiger partial charge >= 0.3 is 0 Å². The van der Waals surface area contributed by atoms with Crippen molar-refractivity contribution in [1.82, 2.24) is 0 Å². The lowest BCUT2D eigenvalue weighted by Gasteiger charge is -2.34. The van der Waals surface area contributed by atoms with Gasteiger partial charge in [0.05, 0.1) is 18.4 Å². The van der Waals surface area contributed by atoms with Crippen LogP contribution in [0.2, 0.25) is 19.6 Å². The first kappa shape index (κ1) is 46.0. The van der Waals surface area contributed by atoms with Gasteiger partial charge in [-0.15, -0.1) is 22.7 Å². The molecule has 0 saturated carbocycles. The molecule has 0 atom stereocenters. The van der Waals surface area contributed by atoms with E-state index < -0.39 is 8.07 Å². The Morgan fingerprint density at radius 3 is 1.16 bits per heavy atom. The number of hydrogen-bond acceptors (Lipinski definition) is 3. The summed E-state index contributed by atoms with van der Waals surface area (Å²) >= 11 is 4.09. The molecule has 0 amide bonds. The standard InChI is InChI=1S/C46H86OS2Si/c1-7-10-12-14-16-18-20-22-24-26-28-30-32-34-36-38-46(47-9-3,42-41-48-43-40-44(49-45(42)43)50(4,5)6)39-37-35-33-31-29-27-25-23-21-19-17-15-13-11-8-2/h40-41H,7-39H2,1-6H3. The monoisotopic (exact) mass is 747 g/mol. The van der Waals surface area contributed by atoms with E-state index >= 15 is 0 Å². The predicted octanol–water partition coefficient (Wildman–Crippen LogP) is 17.3. The molecule has 0 bridgehead atoms.